The van der Waals surface area contributed by atoms with Crippen molar-refractivity contribution in [3.05, 3.63) is 35.8 Å². The first-order valence-electron chi connectivity index (χ1n) is 6.22. The summed E-state index contributed by atoms with van der Waals surface area (Å²) >= 11 is 0. The molecule has 0 amide bonds. The smallest absolute Gasteiger partial charge is 0.139 e. The number of hydrogen-bond acceptors (Lipinski definition) is 3. The van der Waals surface area contributed by atoms with Gasteiger partial charge in [-0.15, -0.1) is 0 Å². The number of fused-ring (bicyclic) bond motifs is 1. The van der Waals surface area contributed by atoms with Gasteiger partial charge < -0.3 is 10.2 Å². The van der Waals surface area contributed by atoms with Crippen LogP contribution in [0, 0.1) is 0 Å². The standard InChI is InChI=1S/C14H21N3/c1-9(2)12-6-7-15-14-13(12)8-16-11(5)17(14)10(3)4/h6-7,9-10,16H,5,8H2,1-4H3. The predicted molar refractivity (Wildman–Crippen MR) is 71.9 cm³/mol. The Hall–Kier alpha value is -1.51. The van der Waals surface area contributed by atoms with Crippen LogP contribution in [0.25, 0.3) is 0 Å². The lowest BCUT2D eigenvalue weighted by atomic mass is 9.97. The number of rotatable bonds is 2. The van der Waals surface area contributed by atoms with Crippen LogP contribution in [-0.4, -0.2) is 11.0 Å². The minimum Gasteiger partial charge on any atom is -0.368 e. The van der Waals surface area contributed by atoms with Crippen molar-refractivity contribution in [1.82, 2.24) is 10.3 Å². The van der Waals surface area contributed by atoms with Gasteiger partial charge in [0, 0.05) is 24.3 Å². The highest BCUT2D eigenvalue weighted by Crippen LogP contribution is 2.32. The molecular weight excluding hydrogens is 210 g/mol. The molecule has 1 aromatic rings. The molecular formula is C14H21N3. The van der Waals surface area contributed by atoms with Crippen LogP contribution >= 0.6 is 0 Å². The van der Waals surface area contributed by atoms with Crippen LogP contribution in [0.3, 0.4) is 0 Å². The third-order valence-electron chi connectivity index (χ3n) is 3.20. The molecule has 0 aliphatic carbocycles. The van der Waals surface area contributed by atoms with E-state index in [1.54, 1.807) is 0 Å². The van der Waals surface area contributed by atoms with Gasteiger partial charge in [-0.3, -0.25) is 0 Å². The van der Waals surface area contributed by atoms with Crippen molar-refractivity contribution in [2.45, 2.75) is 46.2 Å². The Labute approximate surface area is 104 Å². The summed E-state index contributed by atoms with van der Waals surface area (Å²) in [5, 5.41) is 3.36. The van der Waals surface area contributed by atoms with Crippen LogP contribution in [-0.2, 0) is 6.54 Å². The second kappa shape index (κ2) is 4.40. The lowest BCUT2D eigenvalue weighted by Gasteiger charge is -2.36. The molecule has 92 valence electrons. The molecule has 1 N–H and O–H groups in total. The van der Waals surface area contributed by atoms with Crippen molar-refractivity contribution < 1.29 is 0 Å². The van der Waals surface area contributed by atoms with E-state index in [-0.39, 0.29) is 0 Å². The molecule has 2 heterocycles. The molecule has 2 rings (SSSR count). The third kappa shape index (κ3) is 2.02. The Bertz CT molecular complexity index is 435. The molecule has 3 heteroatoms. The zero-order valence-electron chi connectivity index (χ0n) is 11.1. The summed E-state index contributed by atoms with van der Waals surface area (Å²) < 4.78 is 0. The van der Waals surface area contributed by atoms with Gasteiger partial charge in [-0.05, 0) is 31.4 Å². The summed E-state index contributed by atoms with van der Waals surface area (Å²) in [5.41, 5.74) is 2.68. The molecule has 0 aromatic carbocycles. The summed E-state index contributed by atoms with van der Waals surface area (Å²) in [6.45, 7) is 13.7. The van der Waals surface area contributed by atoms with Gasteiger partial charge in [-0.2, -0.15) is 0 Å². The molecule has 0 unspecified atom stereocenters. The first-order valence-corrected chi connectivity index (χ1v) is 6.22. The van der Waals surface area contributed by atoms with E-state index in [4.69, 9.17) is 0 Å². The van der Waals surface area contributed by atoms with E-state index >= 15 is 0 Å². The fraction of sp³-hybridized carbons (Fsp3) is 0.500. The van der Waals surface area contributed by atoms with E-state index in [1.807, 2.05) is 6.20 Å². The molecule has 0 spiro atoms. The summed E-state index contributed by atoms with van der Waals surface area (Å²) in [5.74, 6) is 2.53. The molecule has 1 aliphatic rings. The average molecular weight is 231 g/mol. The first kappa shape index (κ1) is 12.0. The Kier molecular flexibility index (Phi) is 3.09. The molecule has 0 bridgehead atoms. The van der Waals surface area contributed by atoms with Crippen molar-refractivity contribution in [3.63, 3.8) is 0 Å². The number of pyridine rings is 1. The Balaban J connectivity index is 2.54. The van der Waals surface area contributed by atoms with E-state index in [9.17, 15) is 0 Å². The maximum atomic E-state index is 4.54. The lowest BCUT2D eigenvalue weighted by molar-refractivity contribution is 0.630. The molecule has 1 aliphatic heterocycles. The van der Waals surface area contributed by atoms with Crippen LogP contribution < -0.4 is 10.2 Å². The second-order valence-corrected chi connectivity index (χ2v) is 5.12. The van der Waals surface area contributed by atoms with Gasteiger partial charge in [0.25, 0.3) is 0 Å². The number of aromatic nitrogens is 1. The number of nitrogens with one attached hydrogen (secondary N) is 1. The molecule has 0 atom stereocenters. The van der Waals surface area contributed by atoms with Gasteiger partial charge >= 0.3 is 0 Å². The van der Waals surface area contributed by atoms with Crippen molar-refractivity contribution in [2.75, 3.05) is 4.90 Å². The molecule has 0 saturated carbocycles. The van der Waals surface area contributed by atoms with Gasteiger partial charge in [0.2, 0.25) is 0 Å². The largest absolute Gasteiger partial charge is 0.368 e. The van der Waals surface area contributed by atoms with Gasteiger partial charge in [0.05, 0.1) is 0 Å². The van der Waals surface area contributed by atoms with E-state index in [0.29, 0.717) is 12.0 Å². The second-order valence-electron chi connectivity index (χ2n) is 5.12. The Morgan fingerprint density at radius 3 is 2.65 bits per heavy atom. The van der Waals surface area contributed by atoms with Crippen molar-refractivity contribution in [3.8, 4) is 0 Å². The van der Waals surface area contributed by atoms with Crippen LogP contribution in [0.1, 0.15) is 44.7 Å². The summed E-state index contributed by atoms with van der Waals surface area (Å²) in [6, 6.07) is 2.49. The summed E-state index contributed by atoms with van der Waals surface area (Å²) in [4.78, 5) is 6.71. The van der Waals surface area contributed by atoms with Crippen LogP contribution in [0.4, 0.5) is 5.82 Å². The lowest BCUT2D eigenvalue weighted by Crippen LogP contribution is -2.41. The van der Waals surface area contributed by atoms with Crippen LogP contribution in [0.5, 0.6) is 0 Å². The summed E-state index contributed by atoms with van der Waals surface area (Å²) in [6.07, 6.45) is 1.90. The van der Waals surface area contributed by atoms with Gasteiger partial charge in [0.15, 0.2) is 0 Å². The van der Waals surface area contributed by atoms with E-state index < -0.39 is 0 Å². The summed E-state index contributed by atoms with van der Waals surface area (Å²) in [7, 11) is 0. The number of nitrogens with zero attached hydrogens (tertiary/aromatic N) is 2. The highest BCUT2D eigenvalue weighted by atomic mass is 15.3. The first-order chi connectivity index (χ1) is 8.02. The van der Waals surface area contributed by atoms with E-state index in [0.717, 1.165) is 18.2 Å². The monoisotopic (exact) mass is 231 g/mol. The number of hydrogen-bond donors (Lipinski definition) is 1. The van der Waals surface area contributed by atoms with Crippen molar-refractivity contribution in [1.29, 1.82) is 0 Å². The minimum atomic E-state index is 0.365. The minimum absolute atomic E-state index is 0.365. The zero-order valence-corrected chi connectivity index (χ0v) is 11.1. The van der Waals surface area contributed by atoms with Gasteiger partial charge in [-0.25, -0.2) is 4.98 Å². The van der Waals surface area contributed by atoms with Crippen molar-refractivity contribution in [2.24, 2.45) is 0 Å². The highest BCUT2D eigenvalue weighted by molar-refractivity contribution is 5.58. The quantitative estimate of drug-likeness (QED) is 0.848. The Morgan fingerprint density at radius 2 is 2.06 bits per heavy atom. The topological polar surface area (TPSA) is 28.2 Å². The maximum absolute atomic E-state index is 4.54. The predicted octanol–water partition coefficient (Wildman–Crippen LogP) is 2.99. The van der Waals surface area contributed by atoms with Crippen LogP contribution in [0.2, 0.25) is 0 Å². The van der Waals surface area contributed by atoms with Gasteiger partial charge in [0.1, 0.15) is 11.6 Å². The van der Waals surface area contributed by atoms with Crippen LogP contribution in [0.15, 0.2) is 24.7 Å². The molecule has 3 nitrogen and oxygen atoms in total. The SMILES string of the molecule is C=C1NCc2c(C(C)C)ccnc2N1C(C)C. The molecule has 1 aromatic heterocycles. The third-order valence-corrected chi connectivity index (χ3v) is 3.20. The zero-order chi connectivity index (χ0) is 12.6. The van der Waals surface area contributed by atoms with E-state index in [1.165, 1.54) is 11.1 Å². The fourth-order valence-corrected chi connectivity index (χ4v) is 2.39. The molecule has 0 radical (unpaired) electrons. The Morgan fingerprint density at radius 1 is 1.35 bits per heavy atom. The molecule has 17 heavy (non-hydrogen) atoms. The molecule has 0 fully saturated rings. The normalized spacial score (nSPS) is 15.2. The fourth-order valence-electron chi connectivity index (χ4n) is 2.39. The average Bonchev–Trinajstić information content (AvgIpc) is 2.26. The van der Waals surface area contributed by atoms with E-state index in [2.05, 4.69) is 55.5 Å². The van der Waals surface area contributed by atoms with Crippen molar-refractivity contribution >= 4 is 5.82 Å². The maximum Gasteiger partial charge on any atom is 0.139 e. The number of anilines is 1. The molecule has 0 saturated heterocycles. The highest BCUT2D eigenvalue weighted by Gasteiger charge is 2.25. The van der Waals surface area contributed by atoms with Gasteiger partial charge in [-0.1, -0.05) is 20.4 Å².